The number of benzene rings is 2. The molecule has 0 fully saturated rings. The highest BCUT2D eigenvalue weighted by Crippen LogP contribution is 2.25. The molecule has 2 rings (SSSR count). The van der Waals surface area contributed by atoms with Crippen molar-refractivity contribution in [2.45, 2.75) is 31.6 Å². The van der Waals surface area contributed by atoms with Crippen molar-refractivity contribution in [1.82, 2.24) is 15.1 Å². The molecule has 0 aliphatic rings. The van der Waals surface area contributed by atoms with Crippen LogP contribution in [0.15, 0.2) is 73.3 Å². The number of hydrogen-bond acceptors (Lipinski definition) is 3. The summed E-state index contributed by atoms with van der Waals surface area (Å²) in [5.74, 6) is 0.422. The third-order valence-corrected chi connectivity index (χ3v) is 5.86. The summed E-state index contributed by atoms with van der Waals surface area (Å²) in [6.45, 7) is 12.2. The molecular formula is C27H39N3O. The number of carbonyl (C=O) groups excluding carboxylic acids is 1. The van der Waals surface area contributed by atoms with Gasteiger partial charge in [-0.1, -0.05) is 81.1 Å². The van der Waals surface area contributed by atoms with E-state index in [4.69, 9.17) is 0 Å². The Morgan fingerprint density at radius 1 is 1.06 bits per heavy atom. The minimum absolute atomic E-state index is 0.00133. The first-order valence-corrected chi connectivity index (χ1v) is 11.2. The summed E-state index contributed by atoms with van der Waals surface area (Å²) in [4.78, 5) is 16.7. The van der Waals surface area contributed by atoms with Crippen LogP contribution in [0, 0.1) is 0 Å². The Morgan fingerprint density at radius 3 is 2.26 bits per heavy atom. The van der Waals surface area contributed by atoms with E-state index >= 15 is 0 Å². The van der Waals surface area contributed by atoms with Crippen molar-refractivity contribution in [1.29, 1.82) is 0 Å². The minimum atomic E-state index is -0.200. The minimum Gasteiger partial charge on any atom is -0.338 e. The van der Waals surface area contributed by atoms with E-state index in [0.717, 1.165) is 32.6 Å². The molecule has 0 heterocycles. The summed E-state index contributed by atoms with van der Waals surface area (Å²) in [6, 6.07) is 21.1. The lowest BCUT2D eigenvalue weighted by Gasteiger charge is -2.36. The van der Waals surface area contributed by atoms with Crippen LogP contribution in [0.4, 0.5) is 0 Å². The second kappa shape index (κ2) is 12.4. The van der Waals surface area contributed by atoms with Crippen LogP contribution in [0.5, 0.6) is 0 Å². The Hall–Kier alpha value is -2.43. The van der Waals surface area contributed by atoms with Crippen molar-refractivity contribution >= 4 is 5.91 Å². The maximum absolute atomic E-state index is 12.6. The van der Waals surface area contributed by atoms with Gasteiger partial charge in [0.1, 0.15) is 0 Å². The zero-order chi connectivity index (χ0) is 22.7. The van der Waals surface area contributed by atoms with Crippen molar-refractivity contribution in [3.63, 3.8) is 0 Å². The molecule has 31 heavy (non-hydrogen) atoms. The predicted octanol–water partition coefficient (Wildman–Crippen LogP) is 4.30. The molecule has 4 nitrogen and oxygen atoms in total. The van der Waals surface area contributed by atoms with E-state index in [1.165, 1.54) is 17.2 Å². The highest BCUT2D eigenvalue weighted by atomic mass is 16.2. The van der Waals surface area contributed by atoms with E-state index < -0.39 is 0 Å². The zero-order valence-electron chi connectivity index (χ0n) is 19.7. The zero-order valence-corrected chi connectivity index (χ0v) is 19.7. The van der Waals surface area contributed by atoms with Gasteiger partial charge in [-0.2, -0.15) is 0 Å². The largest absolute Gasteiger partial charge is 0.338 e. The van der Waals surface area contributed by atoms with E-state index in [9.17, 15) is 4.79 Å². The fourth-order valence-corrected chi connectivity index (χ4v) is 3.95. The molecule has 168 valence electrons. The third-order valence-electron chi connectivity index (χ3n) is 5.86. The molecule has 0 aliphatic carbocycles. The Morgan fingerprint density at radius 2 is 1.68 bits per heavy atom. The third kappa shape index (κ3) is 7.97. The normalized spacial score (nSPS) is 14.1. The van der Waals surface area contributed by atoms with Gasteiger partial charge in [-0.25, -0.2) is 0 Å². The molecule has 4 heteroatoms. The molecule has 1 amide bonds. The first-order chi connectivity index (χ1) is 14.9. The molecule has 2 aromatic rings. The maximum Gasteiger partial charge on any atom is 0.245 e. The van der Waals surface area contributed by atoms with E-state index in [0.29, 0.717) is 12.5 Å². The van der Waals surface area contributed by atoms with Gasteiger partial charge in [0.15, 0.2) is 0 Å². The number of hydrogen-bond donors (Lipinski definition) is 1. The van der Waals surface area contributed by atoms with Gasteiger partial charge in [-0.15, -0.1) is 0 Å². The van der Waals surface area contributed by atoms with Crippen LogP contribution in [-0.4, -0.2) is 62.5 Å². The molecule has 0 saturated heterocycles. The van der Waals surface area contributed by atoms with Crippen molar-refractivity contribution < 1.29 is 4.79 Å². The summed E-state index contributed by atoms with van der Waals surface area (Å²) < 4.78 is 0. The molecule has 0 spiro atoms. The molecule has 2 aromatic carbocycles. The molecule has 0 aromatic heterocycles. The number of carbonyl (C=O) groups is 1. The van der Waals surface area contributed by atoms with Gasteiger partial charge in [-0.3, -0.25) is 4.79 Å². The van der Waals surface area contributed by atoms with Crippen LogP contribution in [0.2, 0.25) is 0 Å². The lowest BCUT2D eigenvalue weighted by atomic mass is 9.81. The number of nitrogens with one attached hydrogen (secondary N) is 1. The van der Waals surface area contributed by atoms with Crippen molar-refractivity contribution in [2.75, 3.05) is 46.8 Å². The number of amides is 1. The average Bonchev–Trinajstić information content (AvgIpc) is 2.78. The first kappa shape index (κ1) is 24.8. The van der Waals surface area contributed by atoms with Crippen molar-refractivity contribution in [3.05, 3.63) is 84.4 Å². The summed E-state index contributed by atoms with van der Waals surface area (Å²) in [6.07, 6.45) is 2.38. The van der Waals surface area contributed by atoms with Crippen molar-refractivity contribution in [3.8, 4) is 0 Å². The van der Waals surface area contributed by atoms with Gasteiger partial charge in [0.2, 0.25) is 5.91 Å². The lowest BCUT2D eigenvalue weighted by molar-refractivity contribution is -0.127. The number of nitrogens with zero attached hydrogens (tertiary/aromatic N) is 2. The fraction of sp³-hybridized carbons (Fsp3) is 0.444. The Kier molecular flexibility index (Phi) is 9.96. The standard InChI is InChI=1S/C27H39N3O/c1-6-26(31)30(19-13-18-29(4)5)22-27(3,25-16-11-8-12-17-25)21-28-20-23(2)24-14-9-7-10-15-24/h6-12,14-17,23,28H,1,13,18-22H2,2-5H3. The van der Waals surface area contributed by atoms with Gasteiger partial charge < -0.3 is 15.1 Å². The molecule has 0 bridgehead atoms. The first-order valence-electron chi connectivity index (χ1n) is 11.2. The fourth-order valence-electron chi connectivity index (χ4n) is 3.95. The van der Waals surface area contributed by atoms with Gasteiger partial charge in [0, 0.05) is 31.6 Å². The molecule has 2 unspecified atom stereocenters. The van der Waals surface area contributed by atoms with Crippen LogP contribution < -0.4 is 5.32 Å². The van der Waals surface area contributed by atoms with Gasteiger partial charge in [0.05, 0.1) is 0 Å². The summed E-state index contributed by atoms with van der Waals surface area (Å²) in [5, 5.41) is 3.69. The number of rotatable bonds is 13. The van der Waals surface area contributed by atoms with E-state index in [-0.39, 0.29) is 11.3 Å². The molecule has 1 N–H and O–H groups in total. The van der Waals surface area contributed by atoms with Crippen LogP contribution in [0.3, 0.4) is 0 Å². The highest BCUT2D eigenvalue weighted by molar-refractivity contribution is 5.87. The summed E-state index contributed by atoms with van der Waals surface area (Å²) in [7, 11) is 4.12. The van der Waals surface area contributed by atoms with Gasteiger partial charge in [-0.05, 0) is 50.2 Å². The van der Waals surface area contributed by atoms with E-state index in [1.807, 2.05) is 11.0 Å². The van der Waals surface area contributed by atoms with E-state index in [1.54, 1.807) is 0 Å². The lowest BCUT2D eigenvalue weighted by Crippen LogP contribution is -2.48. The van der Waals surface area contributed by atoms with Gasteiger partial charge in [0.25, 0.3) is 0 Å². The smallest absolute Gasteiger partial charge is 0.245 e. The predicted molar refractivity (Wildman–Crippen MR) is 131 cm³/mol. The van der Waals surface area contributed by atoms with Crippen LogP contribution in [-0.2, 0) is 10.2 Å². The molecular weight excluding hydrogens is 382 g/mol. The van der Waals surface area contributed by atoms with E-state index in [2.05, 4.69) is 99.3 Å². The quantitative estimate of drug-likeness (QED) is 0.490. The van der Waals surface area contributed by atoms with Crippen LogP contribution >= 0.6 is 0 Å². The topological polar surface area (TPSA) is 35.6 Å². The van der Waals surface area contributed by atoms with Crippen LogP contribution in [0.1, 0.15) is 37.3 Å². The summed E-state index contributed by atoms with van der Waals surface area (Å²) >= 11 is 0. The monoisotopic (exact) mass is 421 g/mol. The molecule has 0 aliphatic heterocycles. The highest BCUT2D eigenvalue weighted by Gasteiger charge is 2.30. The molecule has 2 atom stereocenters. The second-order valence-electron chi connectivity index (χ2n) is 8.99. The second-order valence-corrected chi connectivity index (χ2v) is 8.99. The average molecular weight is 422 g/mol. The van der Waals surface area contributed by atoms with Crippen molar-refractivity contribution in [2.24, 2.45) is 0 Å². The Balaban J connectivity index is 2.12. The SMILES string of the molecule is C=CC(=O)N(CCCN(C)C)CC(C)(CNCC(C)c1ccccc1)c1ccccc1. The van der Waals surface area contributed by atoms with Gasteiger partial charge >= 0.3 is 0 Å². The summed E-state index contributed by atoms with van der Waals surface area (Å²) in [5.41, 5.74) is 2.38. The Bertz CT molecular complexity index is 791. The van der Waals surface area contributed by atoms with Crippen LogP contribution in [0.25, 0.3) is 0 Å². The molecule has 0 radical (unpaired) electrons. The maximum atomic E-state index is 12.6. The Labute approximate surface area is 189 Å². The molecule has 0 saturated carbocycles.